The van der Waals surface area contributed by atoms with Crippen molar-refractivity contribution in [2.45, 2.75) is 135 Å². The highest BCUT2D eigenvalue weighted by atomic mass is 15.0. The molecule has 3 aliphatic rings. The summed E-state index contributed by atoms with van der Waals surface area (Å²) in [5, 5.41) is 12.4. The molecule has 1 unspecified atom stereocenters. The zero-order valence-electron chi connectivity index (χ0n) is 29.0. The van der Waals surface area contributed by atoms with E-state index in [0.29, 0.717) is 11.8 Å². The summed E-state index contributed by atoms with van der Waals surface area (Å²) in [6.45, 7) is 11.5. The van der Waals surface area contributed by atoms with Crippen molar-refractivity contribution in [3.8, 4) is 11.8 Å². The third-order valence-corrected chi connectivity index (χ3v) is 11.3. The normalized spacial score (nSPS) is 21.6. The lowest BCUT2D eigenvalue weighted by atomic mass is 9.73. The largest absolute Gasteiger partial charge is 0.314 e. The molecular weight excluding hydrogens is 544 g/mol. The van der Waals surface area contributed by atoms with E-state index in [1.807, 2.05) is 0 Å². The van der Waals surface area contributed by atoms with E-state index in [1.165, 1.54) is 112 Å². The fourth-order valence-corrected chi connectivity index (χ4v) is 8.45. The first-order valence-corrected chi connectivity index (χ1v) is 19.1. The van der Waals surface area contributed by atoms with Crippen LogP contribution >= 0.6 is 0 Å². The van der Waals surface area contributed by atoms with Crippen molar-refractivity contribution in [1.82, 2.24) is 10.6 Å². The van der Waals surface area contributed by atoms with E-state index >= 15 is 0 Å². The average molecular weight is 607 g/mol. The van der Waals surface area contributed by atoms with E-state index in [1.54, 1.807) is 22.1 Å². The quantitative estimate of drug-likeness (QED) is 0.136. The molecule has 0 spiro atoms. The van der Waals surface area contributed by atoms with Gasteiger partial charge in [0.1, 0.15) is 0 Å². The van der Waals surface area contributed by atoms with E-state index in [-0.39, 0.29) is 0 Å². The second kappa shape index (κ2) is 18.1. The highest BCUT2D eigenvalue weighted by Gasteiger charge is 2.27. The molecule has 0 aromatic heterocycles. The van der Waals surface area contributed by atoms with Gasteiger partial charge in [0.15, 0.2) is 0 Å². The summed E-state index contributed by atoms with van der Waals surface area (Å²) in [6.07, 6.45) is 21.2. The second-order valence-electron chi connectivity index (χ2n) is 14.3. The predicted molar refractivity (Wildman–Crippen MR) is 197 cm³/mol. The van der Waals surface area contributed by atoms with Gasteiger partial charge < -0.3 is 10.6 Å². The zero-order chi connectivity index (χ0) is 31.3. The predicted octanol–water partition coefficient (Wildman–Crippen LogP) is 11.1. The van der Waals surface area contributed by atoms with Crippen LogP contribution in [-0.4, -0.2) is 26.2 Å². The maximum Gasteiger partial charge on any atom is 0.0455 e. The first-order valence-electron chi connectivity index (χ1n) is 19.1. The molecule has 2 nitrogen and oxygen atoms in total. The average Bonchev–Trinajstić information content (AvgIpc) is 3.10. The summed E-state index contributed by atoms with van der Waals surface area (Å²) in [5.74, 6) is 10.4. The highest BCUT2D eigenvalue weighted by Crippen LogP contribution is 2.46. The fraction of sp³-hybridized carbons (Fsp3) is 0.628. The lowest BCUT2D eigenvalue weighted by Gasteiger charge is -2.32. The lowest BCUT2D eigenvalue weighted by molar-refractivity contribution is 0.303. The van der Waals surface area contributed by atoms with E-state index in [0.717, 1.165) is 44.4 Å². The number of piperazine rings is 1. The minimum atomic E-state index is 0.417. The SMILES string of the molecule is C1CNCCN1.CCCCCC1CCC(c2cc3ccccc3c3ccc4c(c23)CCCC4C#CCCCC(CC)CC)CC1. The topological polar surface area (TPSA) is 24.1 Å². The Morgan fingerprint density at radius 3 is 2.24 bits per heavy atom. The molecular formula is C43H62N2. The third-order valence-electron chi connectivity index (χ3n) is 11.3. The van der Waals surface area contributed by atoms with Crippen LogP contribution < -0.4 is 10.6 Å². The number of fused-ring (bicyclic) bond motifs is 5. The molecule has 1 saturated carbocycles. The number of nitrogens with one attached hydrogen (secondary N) is 2. The van der Waals surface area contributed by atoms with Crippen LogP contribution in [0.2, 0.25) is 0 Å². The van der Waals surface area contributed by atoms with Crippen LogP contribution in [0.3, 0.4) is 0 Å². The fourth-order valence-electron chi connectivity index (χ4n) is 8.45. The Hall–Kier alpha value is -2.34. The summed E-state index contributed by atoms with van der Waals surface area (Å²) in [4.78, 5) is 0. The van der Waals surface area contributed by atoms with Crippen molar-refractivity contribution in [3.63, 3.8) is 0 Å². The summed E-state index contributed by atoms with van der Waals surface area (Å²) in [6, 6.07) is 16.6. The summed E-state index contributed by atoms with van der Waals surface area (Å²) in [5.41, 5.74) is 4.85. The molecule has 1 saturated heterocycles. The lowest BCUT2D eigenvalue weighted by Crippen LogP contribution is -2.39. The van der Waals surface area contributed by atoms with Gasteiger partial charge in [-0.25, -0.2) is 0 Å². The first kappa shape index (κ1) is 34.0. The maximum absolute atomic E-state index is 3.77. The Balaban J connectivity index is 0.000000598. The molecule has 3 aromatic rings. The van der Waals surface area contributed by atoms with Crippen LogP contribution in [0.1, 0.15) is 146 Å². The Morgan fingerprint density at radius 2 is 1.53 bits per heavy atom. The van der Waals surface area contributed by atoms with Gasteiger partial charge in [-0.1, -0.05) is 108 Å². The van der Waals surface area contributed by atoms with Crippen LogP contribution in [0.4, 0.5) is 0 Å². The molecule has 1 aliphatic heterocycles. The van der Waals surface area contributed by atoms with E-state index < -0.39 is 0 Å². The Labute approximate surface area is 275 Å². The van der Waals surface area contributed by atoms with Crippen molar-refractivity contribution in [2.24, 2.45) is 11.8 Å². The number of benzene rings is 3. The van der Waals surface area contributed by atoms with Gasteiger partial charge in [-0.2, -0.15) is 0 Å². The van der Waals surface area contributed by atoms with Crippen molar-refractivity contribution < 1.29 is 0 Å². The van der Waals surface area contributed by atoms with Crippen LogP contribution in [0, 0.1) is 23.7 Å². The molecule has 244 valence electrons. The van der Waals surface area contributed by atoms with Crippen LogP contribution in [0.15, 0.2) is 42.5 Å². The molecule has 6 rings (SSSR count). The molecule has 3 aromatic carbocycles. The minimum absolute atomic E-state index is 0.417. The van der Waals surface area contributed by atoms with Crippen molar-refractivity contribution in [1.29, 1.82) is 0 Å². The molecule has 0 bridgehead atoms. The van der Waals surface area contributed by atoms with Crippen LogP contribution in [0.5, 0.6) is 0 Å². The van der Waals surface area contributed by atoms with Gasteiger partial charge in [0.2, 0.25) is 0 Å². The molecule has 2 heteroatoms. The Morgan fingerprint density at radius 1 is 0.778 bits per heavy atom. The van der Waals surface area contributed by atoms with Crippen LogP contribution in [-0.2, 0) is 6.42 Å². The molecule has 2 fully saturated rings. The molecule has 2 N–H and O–H groups in total. The van der Waals surface area contributed by atoms with Crippen molar-refractivity contribution in [2.75, 3.05) is 26.2 Å². The molecule has 45 heavy (non-hydrogen) atoms. The van der Waals surface area contributed by atoms with Gasteiger partial charge in [0.05, 0.1) is 0 Å². The van der Waals surface area contributed by atoms with Gasteiger partial charge in [0.25, 0.3) is 0 Å². The standard InChI is InChI=1S/C39H52.C4H10N2/c1-4-7-9-16-30-22-24-32(25-23-30)38-28-33-18-12-13-20-34(33)37-27-26-35-31(19-14-21-36(35)39(37)38)17-11-8-10-15-29(5-2)6-3;1-2-6-4-3-5-1/h12-13,18,20,26-32H,4-10,14-16,19,21-25H2,1-3H3;5-6H,1-4H2. The molecule has 1 atom stereocenters. The Bertz CT molecular complexity index is 1370. The highest BCUT2D eigenvalue weighted by molar-refractivity contribution is 6.10. The first-order chi connectivity index (χ1) is 22.2. The van der Waals surface area contributed by atoms with Crippen molar-refractivity contribution in [3.05, 3.63) is 59.2 Å². The maximum atomic E-state index is 3.77. The molecule has 2 aliphatic carbocycles. The van der Waals surface area contributed by atoms with Gasteiger partial charge in [-0.15, -0.1) is 5.92 Å². The number of unbranched alkanes of at least 4 members (excludes halogenated alkanes) is 3. The third kappa shape index (κ3) is 9.14. The van der Waals surface area contributed by atoms with Gasteiger partial charge in [-0.05, 0) is 114 Å². The molecule has 0 radical (unpaired) electrons. The van der Waals surface area contributed by atoms with Crippen LogP contribution in [0.25, 0.3) is 21.5 Å². The Kier molecular flexibility index (Phi) is 13.7. The van der Waals surface area contributed by atoms with E-state index in [4.69, 9.17) is 0 Å². The minimum Gasteiger partial charge on any atom is -0.314 e. The van der Waals surface area contributed by atoms with Crippen molar-refractivity contribution >= 4 is 21.5 Å². The summed E-state index contributed by atoms with van der Waals surface area (Å²) < 4.78 is 0. The molecule has 0 amide bonds. The molecule has 1 heterocycles. The number of aryl methyl sites for hydroxylation is 1. The number of hydrogen-bond donors (Lipinski definition) is 2. The number of hydrogen-bond acceptors (Lipinski definition) is 2. The van der Waals surface area contributed by atoms with E-state index in [2.05, 4.69) is 85.7 Å². The van der Waals surface area contributed by atoms with Gasteiger partial charge in [-0.3, -0.25) is 0 Å². The van der Waals surface area contributed by atoms with E-state index in [9.17, 15) is 0 Å². The van der Waals surface area contributed by atoms with Gasteiger partial charge >= 0.3 is 0 Å². The zero-order valence-corrected chi connectivity index (χ0v) is 29.0. The smallest absolute Gasteiger partial charge is 0.0455 e. The van der Waals surface area contributed by atoms with Gasteiger partial charge in [0, 0.05) is 38.5 Å². The summed E-state index contributed by atoms with van der Waals surface area (Å²) in [7, 11) is 0. The monoisotopic (exact) mass is 606 g/mol. The second-order valence-corrected chi connectivity index (χ2v) is 14.3. The summed E-state index contributed by atoms with van der Waals surface area (Å²) >= 11 is 0. The number of rotatable bonds is 10.